The first-order valence-corrected chi connectivity index (χ1v) is 7.71. The van der Waals surface area contributed by atoms with Gasteiger partial charge in [-0.1, -0.05) is 12.5 Å². The summed E-state index contributed by atoms with van der Waals surface area (Å²) in [6, 6.07) is 4.45. The van der Waals surface area contributed by atoms with Gasteiger partial charge in [-0.05, 0) is 43.7 Å². The van der Waals surface area contributed by atoms with Gasteiger partial charge in [-0.15, -0.1) is 0 Å². The van der Waals surface area contributed by atoms with Crippen LogP contribution >= 0.6 is 0 Å². The molecule has 1 aliphatic heterocycles. The van der Waals surface area contributed by atoms with Crippen LogP contribution in [0.3, 0.4) is 0 Å². The molecule has 0 aromatic carbocycles. The number of rotatable bonds is 2. The van der Waals surface area contributed by atoms with Crippen molar-refractivity contribution in [1.29, 1.82) is 0 Å². The number of aromatic nitrogens is 1. The van der Waals surface area contributed by atoms with E-state index in [0.29, 0.717) is 5.91 Å². The molecule has 2 N–H and O–H groups in total. The van der Waals surface area contributed by atoms with Gasteiger partial charge in [0.05, 0.1) is 6.04 Å². The minimum absolute atomic E-state index is 0.135. The number of amides is 1. The van der Waals surface area contributed by atoms with Gasteiger partial charge in [-0.2, -0.15) is 0 Å². The number of nitrogens with zero attached hydrogens (tertiary/aromatic N) is 2. The number of pyridine rings is 1. The van der Waals surface area contributed by atoms with Gasteiger partial charge in [0, 0.05) is 30.9 Å². The van der Waals surface area contributed by atoms with E-state index in [2.05, 4.69) is 16.0 Å². The Bertz CT molecular complexity index is 462. The SMILES string of the molecule is NC1CCCC(C(=O)N2CCCC2c2cccnc2)C1. The Kier molecular flexibility index (Phi) is 4.01. The molecule has 1 aliphatic carbocycles. The third-order valence-electron chi connectivity index (χ3n) is 4.67. The van der Waals surface area contributed by atoms with E-state index < -0.39 is 0 Å². The third kappa shape index (κ3) is 2.70. The molecule has 4 heteroatoms. The molecule has 108 valence electrons. The molecule has 1 aromatic rings. The second-order valence-electron chi connectivity index (χ2n) is 6.10. The van der Waals surface area contributed by atoms with E-state index in [1.807, 2.05) is 12.3 Å². The lowest BCUT2D eigenvalue weighted by molar-refractivity contribution is -0.137. The number of carbonyl (C=O) groups is 1. The molecule has 1 amide bonds. The minimum atomic E-state index is 0.135. The molecule has 3 rings (SSSR count). The Labute approximate surface area is 120 Å². The molecule has 0 bridgehead atoms. The molecular weight excluding hydrogens is 250 g/mol. The highest BCUT2D eigenvalue weighted by molar-refractivity contribution is 5.79. The summed E-state index contributed by atoms with van der Waals surface area (Å²) in [6.07, 6.45) is 9.82. The monoisotopic (exact) mass is 273 g/mol. The zero-order valence-electron chi connectivity index (χ0n) is 11.9. The highest BCUT2D eigenvalue weighted by Crippen LogP contribution is 2.35. The first kappa shape index (κ1) is 13.6. The van der Waals surface area contributed by atoms with Crippen molar-refractivity contribution >= 4 is 5.91 Å². The fourth-order valence-electron chi connectivity index (χ4n) is 3.64. The van der Waals surface area contributed by atoms with E-state index in [0.717, 1.165) is 45.1 Å². The van der Waals surface area contributed by atoms with Crippen molar-refractivity contribution < 1.29 is 4.79 Å². The van der Waals surface area contributed by atoms with Crippen LogP contribution in [0, 0.1) is 5.92 Å². The first-order chi connectivity index (χ1) is 9.75. The summed E-state index contributed by atoms with van der Waals surface area (Å²) >= 11 is 0. The summed E-state index contributed by atoms with van der Waals surface area (Å²) < 4.78 is 0. The highest BCUT2D eigenvalue weighted by atomic mass is 16.2. The van der Waals surface area contributed by atoms with Gasteiger partial charge in [0.25, 0.3) is 0 Å². The van der Waals surface area contributed by atoms with Crippen LogP contribution in [0.2, 0.25) is 0 Å². The fourth-order valence-corrected chi connectivity index (χ4v) is 3.64. The minimum Gasteiger partial charge on any atom is -0.335 e. The fraction of sp³-hybridized carbons (Fsp3) is 0.625. The first-order valence-electron chi connectivity index (χ1n) is 7.71. The average Bonchev–Trinajstić information content (AvgIpc) is 2.97. The second kappa shape index (κ2) is 5.92. The molecule has 2 fully saturated rings. The predicted molar refractivity (Wildman–Crippen MR) is 77.9 cm³/mol. The molecular formula is C16H23N3O. The Morgan fingerprint density at radius 3 is 2.95 bits per heavy atom. The summed E-state index contributed by atoms with van der Waals surface area (Å²) in [5, 5.41) is 0. The van der Waals surface area contributed by atoms with E-state index in [1.54, 1.807) is 6.20 Å². The van der Waals surface area contributed by atoms with Gasteiger partial charge in [0.1, 0.15) is 0 Å². The zero-order valence-corrected chi connectivity index (χ0v) is 11.9. The molecule has 1 saturated heterocycles. The number of likely N-dealkylation sites (tertiary alicyclic amines) is 1. The van der Waals surface area contributed by atoms with Crippen LogP contribution in [0.25, 0.3) is 0 Å². The van der Waals surface area contributed by atoms with Crippen LogP contribution in [-0.2, 0) is 4.79 Å². The van der Waals surface area contributed by atoms with Gasteiger partial charge in [0.2, 0.25) is 5.91 Å². The van der Waals surface area contributed by atoms with Gasteiger partial charge in [0.15, 0.2) is 0 Å². The van der Waals surface area contributed by atoms with Crippen LogP contribution in [0.5, 0.6) is 0 Å². The summed E-state index contributed by atoms with van der Waals surface area (Å²) in [5.41, 5.74) is 7.19. The summed E-state index contributed by atoms with van der Waals surface area (Å²) in [5.74, 6) is 0.447. The summed E-state index contributed by atoms with van der Waals surface area (Å²) in [4.78, 5) is 19.0. The third-order valence-corrected chi connectivity index (χ3v) is 4.67. The van der Waals surface area contributed by atoms with Crippen molar-refractivity contribution in [2.45, 2.75) is 50.6 Å². The van der Waals surface area contributed by atoms with Crippen LogP contribution < -0.4 is 5.73 Å². The topological polar surface area (TPSA) is 59.2 Å². The van der Waals surface area contributed by atoms with Crippen LogP contribution in [-0.4, -0.2) is 28.4 Å². The smallest absolute Gasteiger partial charge is 0.226 e. The van der Waals surface area contributed by atoms with Crippen molar-refractivity contribution in [3.63, 3.8) is 0 Å². The number of hydrogen-bond donors (Lipinski definition) is 1. The average molecular weight is 273 g/mol. The zero-order chi connectivity index (χ0) is 13.9. The standard InChI is InChI=1S/C16H23N3O/c17-14-6-1-4-12(10-14)16(20)19-9-3-7-15(19)13-5-2-8-18-11-13/h2,5,8,11-12,14-15H,1,3-4,6-7,9-10,17H2. The molecule has 1 saturated carbocycles. The van der Waals surface area contributed by atoms with Gasteiger partial charge in [-0.3, -0.25) is 9.78 Å². The molecule has 4 nitrogen and oxygen atoms in total. The van der Waals surface area contributed by atoms with E-state index in [4.69, 9.17) is 5.73 Å². The summed E-state index contributed by atoms with van der Waals surface area (Å²) in [6.45, 7) is 0.879. The van der Waals surface area contributed by atoms with Crippen molar-refractivity contribution in [3.8, 4) is 0 Å². The maximum atomic E-state index is 12.8. The summed E-state index contributed by atoms with van der Waals surface area (Å²) in [7, 11) is 0. The number of carbonyl (C=O) groups excluding carboxylic acids is 1. The van der Waals surface area contributed by atoms with Gasteiger partial charge >= 0.3 is 0 Å². The highest BCUT2D eigenvalue weighted by Gasteiger charge is 2.35. The molecule has 2 aliphatic rings. The second-order valence-corrected chi connectivity index (χ2v) is 6.10. The maximum absolute atomic E-state index is 12.8. The number of nitrogens with two attached hydrogens (primary N) is 1. The van der Waals surface area contributed by atoms with Crippen LogP contribution in [0.1, 0.15) is 50.1 Å². The lowest BCUT2D eigenvalue weighted by atomic mass is 9.85. The lowest BCUT2D eigenvalue weighted by Gasteiger charge is -2.32. The van der Waals surface area contributed by atoms with Crippen molar-refractivity contribution in [3.05, 3.63) is 30.1 Å². The van der Waals surface area contributed by atoms with E-state index in [-0.39, 0.29) is 18.0 Å². The molecule has 0 spiro atoms. The maximum Gasteiger partial charge on any atom is 0.226 e. The number of hydrogen-bond acceptors (Lipinski definition) is 3. The molecule has 20 heavy (non-hydrogen) atoms. The molecule has 0 radical (unpaired) electrons. The lowest BCUT2D eigenvalue weighted by Crippen LogP contribution is -2.40. The van der Waals surface area contributed by atoms with Crippen LogP contribution in [0.15, 0.2) is 24.5 Å². The van der Waals surface area contributed by atoms with Gasteiger partial charge < -0.3 is 10.6 Å². The van der Waals surface area contributed by atoms with Crippen molar-refractivity contribution in [1.82, 2.24) is 9.88 Å². The normalized spacial score (nSPS) is 30.4. The van der Waals surface area contributed by atoms with E-state index in [9.17, 15) is 4.79 Å². The Balaban J connectivity index is 1.73. The molecule has 3 unspecified atom stereocenters. The van der Waals surface area contributed by atoms with Crippen molar-refractivity contribution in [2.75, 3.05) is 6.54 Å². The largest absolute Gasteiger partial charge is 0.335 e. The van der Waals surface area contributed by atoms with Crippen LogP contribution in [0.4, 0.5) is 0 Å². The molecule has 3 atom stereocenters. The Hall–Kier alpha value is -1.42. The Morgan fingerprint density at radius 2 is 2.20 bits per heavy atom. The predicted octanol–water partition coefficient (Wildman–Crippen LogP) is 2.26. The van der Waals surface area contributed by atoms with E-state index >= 15 is 0 Å². The van der Waals surface area contributed by atoms with Gasteiger partial charge in [-0.25, -0.2) is 0 Å². The van der Waals surface area contributed by atoms with Crippen molar-refractivity contribution in [2.24, 2.45) is 11.7 Å². The molecule has 2 heterocycles. The Morgan fingerprint density at radius 1 is 1.30 bits per heavy atom. The quantitative estimate of drug-likeness (QED) is 0.899. The molecule has 1 aromatic heterocycles. The van der Waals surface area contributed by atoms with E-state index in [1.165, 1.54) is 5.56 Å².